The summed E-state index contributed by atoms with van der Waals surface area (Å²) in [6, 6.07) is 18.2. The molecule has 0 amide bonds. The second-order valence-corrected chi connectivity index (χ2v) is 11.0. The molecule has 0 bridgehead atoms. The van der Waals surface area contributed by atoms with Crippen LogP contribution >= 0.6 is 11.8 Å². The van der Waals surface area contributed by atoms with E-state index in [4.69, 9.17) is 9.47 Å². The number of nitrogens with zero attached hydrogens (tertiary/aromatic N) is 3. The van der Waals surface area contributed by atoms with Crippen LogP contribution in [0, 0.1) is 17.8 Å². The number of carbonyl (C=O) groups is 1. The monoisotopic (exact) mass is 507 g/mol. The van der Waals surface area contributed by atoms with Crippen LogP contribution in [0.2, 0.25) is 0 Å². The minimum Gasteiger partial charge on any atom is -0.497 e. The summed E-state index contributed by atoms with van der Waals surface area (Å²) in [5.41, 5.74) is 2.20. The Balaban J connectivity index is 1.47. The van der Waals surface area contributed by atoms with E-state index in [1.807, 2.05) is 42.5 Å². The number of hydrogen-bond acceptors (Lipinski definition) is 6. The molecule has 1 aliphatic rings. The van der Waals surface area contributed by atoms with Gasteiger partial charge in [-0.1, -0.05) is 69.3 Å². The van der Waals surface area contributed by atoms with E-state index < -0.39 is 0 Å². The van der Waals surface area contributed by atoms with Crippen molar-refractivity contribution in [1.29, 1.82) is 0 Å². The Hall–Kier alpha value is -2.80. The number of thioether (sulfide) groups is 1. The molecule has 6 nitrogen and oxygen atoms in total. The molecule has 192 valence electrons. The van der Waals surface area contributed by atoms with Crippen LogP contribution < -0.4 is 4.74 Å². The van der Waals surface area contributed by atoms with Gasteiger partial charge in [-0.05, 0) is 66.8 Å². The van der Waals surface area contributed by atoms with E-state index in [0.717, 1.165) is 41.6 Å². The van der Waals surface area contributed by atoms with Crippen molar-refractivity contribution >= 4 is 17.7 Å². The van der Waals surface area contributed by atoms with Crippen LogP contribution in [0.25, 0.3) is 11.4 Å². The third-order valence-corrected chi connectivity index (χ3v) is 8.04. The van der Waals surface area contributed by atoms with Crippen LogP contribution in [0.1, 0.15) is 45.6 Å². The number of carbonyl (C=O) groups excluding carboxylic acids is 1. The zero-order chi connectivity index (χ0) is 25.5. The Labute approximate surface area is 218 Å². The highest BCUT2D eigenvalue weighted by Crippen LogP contribution is 2.35. The topological polar surface area (TPSA) is 66.2 Å². The van der Waals surface area contributed by atoms with E-state index in [9.17, 15) is 4.79 Å². The smallest absolute Gasteiger partial charge is 0.316 e. The standard InChI is InChI=1S/C29H37N3O3S/c1-20(2)25-15-10-21(3)18-26(25)35-27(33)19-36-29-31-30-28(23-11-13-24(34-4)14-12-23)32(29)17-16-22-8-6-5-7-9-22/h5-9,11-14,20-21,25-26H,10,15-19H2,1-4H3/t21-,25-,26+/m0/s1. The van der Waals surface area contributed by atoms with Crippen LogP contribution in [-0.4, -0.2) is 39.7 Å². The molecular formula is C29H37N3O3S. The third kappa shape index (κ3) is 6.69. The molecule has 1 heterocycles. The van der Waals surface area contributed by atoms with Crippen LogP contribution in [0.3, 0.4) is 0 Å². The van der Waals surface area contributed by atoms with Gasteiger partial charge in [0.25, 0.3) is 0 Å². The zero-order valence-corrected chi connectivity index (χ0v) is 22.5. The normalized spacial score (nSPS) is 19.9. The fraction of sp³-hybridized carbons (Fsp3) is 0.483. The molecule has 4 rings (SSSR count). The molecule has 1 fully saturated rings. The van der Waals surface area contributed by atoms with Crippen molar-refractivity contribution in [2.45, 2.75) is 64.3 Å². The fourth-order valence-corrected chi connectivity index (χ4v) is 5.76. The van der Waals surface area contributed by atoms with E-state index in [2.05, 4.69) is 47.7 Å². The van der Waals surface area contributed by atoms with Crippen LogP contribution in [0.4, 0.5) is 0 Å². The highest BCUT2D eigenvalue weighted by molar-refractivity contribution is 7.99. The molecule has 36 heavy (non-hydrogen) atoms. The van der Waals surface area contributed by atoms with Gasteiger partial charge in [-0.3, -0.25) is 4.79 Å². The van der Waals surface area contributed by atoms with Gasteiger partial charge >= 0.3 is 5.97 Å². The summed E-state index contributed by atoms with van der Waals surface area (Å²) in [6.07, 6.45) is 4.14. The predicted octanol–water partition coefficient (Wildman–Crippen LogP) is 6.29. The first-order valence-electron chi connectivity index (χ1n) is 12.9. The van der Waals surface area contributed by atoms with Gasteiger partial charge in [0, 0.05) is 12.1 Å². The molecule has 0 saturated heterocycles. The van der Waals surface area contributed by atoms with Crippen LogP contribution in [0.15, 0.2) is 59.8 Å². The number of benzene rings is 2. The van der Waals surface area contributed by atoms with Gasteiger partial charge in [0.05, 0.1) is 12.9 Å². The molecular weight excluding hydrogens is 470 g/mol. The number of ether oxygens (including phenoxy) is 2. The summed E-state index contributed by atoms with van der Waals surface area (Å²) < 4.78 is 13.4. The number of hydrogen-bond donors (Lipinski definition) is 0. The summed E-state index contributed by atoms with van der Waals surface area (Å²) in [7, 11) is 1.66. The predicted molar refractivity (Wildman–Crippen MR) is 144 cm³/mol. The SMILES string of the molecule is COc1ccc(-c2nnc(SCC(=O)O[C@@H]3C[C@@H](C)CC[C@H]3C(C)C)n2CCc2ccccc2)cc1. The third-order valence-electron chi connectivity index (χ3n) is 7.10. The van der Waals surface area contributed by atoms with Gasteiger partial charge in [0.1, 0.15) is 11.9 Å². The number of rotatable bonds is 10. The number of methoxy groups -OCH3 is 1. The maximum absolute atomic E-state index is 12.9. The lowest BCUT2D eigenvalue weighted by Crippen LogP contribution is -2.36. The Morgan fingerprint density at radius 2 is 1.83 bits per heavy atom. The summed E-state index contributed by atoms with van der Waals surface area (Å²) in [5.74, 6) is 3.17. The van der Waals surface area contributed by atoms with E-state index in [-0.39, 0.29) is 17.8 Å². The van der Waals surface area contributed by atoms with Gasteiger partial charge in [-0.25, -0.2) is 0 Å². The lowest BCUT2D eigenvalue weighted by molar-refractivity contribution is -0.152. The van der Waals surface area contributed by atoms with E-state index in [1.165, 1.54) is 23.7 Å². The quantitative estimate of drug-likeness (QED) is 0.237. The molecule has 7 heteroatoms. The first-order valence-corrected chi connectivity index (χ1v) is 13.9. The Bertz CT molecular complexity index is 1110. The molecule has 3 atom stereocenters. The largest absolute Gasteiger partial charge is 0.497 e. The molecule has 0 N–H and O–H groups in total. The van der Waals surface area contributed by atoms with Crippen molar-refractivity contribution in [1.82, 2.24) is 14.8 Å². The van der Waals surface area contributed by atoms with Gasteiger partial charge in [-0.15, -0.1) is 10.2 Å². The summed E-state index contributed by atoms with van der Waals surface area (Å²) in [5, 5.41) is 9.68. The molecule has 3 aromatic rings. The molecule has 0 unspecified atom stereocenters. The molecule has 1 aromatic heterocycles. The van der Waals surface area contributed by atoms with Crippen molar-refractivity contribution in [2.24, 2.45) is 17.8 Å². The van der Waals surface area contributed by atoms with E-state index >= 15 is 0 Å². The van der Waals surface area contributed by atoms with E-state index in [1.54, 1.807) is 7.11 Å². The molecule has 0 aliphatic heterocycles. The average Bonchev–Trinajstić information content (AvgIpc) is 3.29. The van der Waals surface area contributed by atoms with Gasteiger partial charge in [0.15, 0.2) is 11.0 Å². The minimum absolute atomic E-state index is 0.00709. The van der Waals surface area contributed by atoms with Gasteiger partial charge < -0.3 is 14.0 Å². The second-order valence-electron chi connectivity index (χ2n) is 10.1. The summed E-state index contributed by atoms with van der Waals surface area (Å²) in [6.45, 7) is 7.42. The summed E-state index contributed by atoms with van der Waals surface area (Å²) >= 11 is 1.40. The van der Waals surface area contributed by atoms with Gasteiger partial charge in [-0.2, -0.15) is 0 Å². The lowest BCUT2D eigenvalue weighted by atomic mass is 9.75. The van der Waals surface area contributed by atoms with Crippen molar-refractivity contribution in [3.63, 3.8) is 0 Å². The van der Waals surface area contributed by atoms with Crippen LogP contribution in [0.5, 0.6) is 5.75 Å². The average molecular weight is 508 g/mol. The first kappa shape index (κ1) is 26.3. The first-order chi connectivity index (χ1) is 17.4. The minimum atomic E-state index is -0.173. The van der Waals surface area contributed by atoms with E-state index in [0.29, 0.717) is 24.3 Å². The molecule has 2 aromatic carbocycles. The second kappa shape index (κ2) is 12.4. The lowest BCUT2D eigenvalue weighted by Gasteiger charge is -2.36. The number of aromatic nitrogens is 3. The molecule has 1 aliphatic carbocycles. The Kier molecular flexibility index (Phi) is 9.08. The zero-order valence-electron chi connectivity index (χ0n) is 21.7. The highest BCUT2D eigenvalue weighted by atomic mass is 32.2. The molecule has 0 radical (unpaired) electrons. The Morgan fingerprint density at radius 3 is 2.53 bits per heavy atom. The Morgan fingerprint density at radius 1 is 1.08 bits per heavy atom. The van der Waals surface area contributed by atoms with Crippen LogP contribution in [-0.2, 0) is 22.5 Å². The van der Waals surface area contributed by atoms with Crippen molar-refractivity contribution in [3.8, 4) is 17.1 Å². The number of aryl methyl sites for hydroxylation is 1. The number of esters is 1. The fourth-order valence-electron chi connectivity index (χ4n) is 5.01. The van der Waals surface area contributed by atoms with Crippen molar-refractivity contribution in [3.05, 3.63) is 60.2 Å². The molecule has 1 saturated carbocycles. The maximum atomic E-state index is 12.9. The summed E-state index contributed by atoms with van der Waals surface area (Å²) in [4.78, 5) is 12.9. The van der Waals surface area contributed by atoms with Gasteiger partial charge in [0.2, 0.25) is 0 Å². The van der Waals surface area contributed by atoms with Crippen molar-refractivity contribution < 1.29 is 14.3 Å². The highest BCUT2D eigenvalue weighted by Gasteiger charge is 2.33. The maximum Gasteiger partial charge on any atom is 0.316 e. The van der Waals surface area contributed by atoms with Crippen molar-refractivity contribution in [2.75, 3.05) is 12.9 Å². The molecule has 0 spiro atoms.